The molecule has 4 aromatic rings. The third-order valence-corrected chi connectivity index (χ3v) is 7.35. The first-order valence-corrected chi connectivity index (χ1v) is 13.4. The van der Waals surface area contributed by atoms with Gasteiger partial charge in [0, 0.05) is 36.6 Å². The molecule has 0 aliphatic heterocycles. The molecule has 38 heavy (non-hydrogen) atoms. The van der Waals surface area contributed by atoms with Gasteiger partial charge in [0.15, 0.2) is 11.6 Å². The third kappa shape index (κ3) is 6.58. The molecular formula is C26H30N8O3S. The fraction of sp³-hybridized carbons (Fsp3) is 0.269. The number of anilines is 1. The van der Waals surface area contributed by atoms with Crippen LogP contribution in [0.2, 0.25) is 0 Å². The molecule has 4 rings (SSSR count). The maximum atomic E-state index is 12.9. The Hall–Kier alpha value is -4.16. The number of aromatic nitrogens is 5. The number of hydrogen-bond donors (Lipinski definition) is 3. The Bertz CT molecular complexity index is 1530. The molecule has 2 aromatic carbocycles. The summed E-state index contributed by atoms with van der Waals surface area (Å²) in [6.07, 6.45) is 3.10. The van der Waals surface area contributed by atoms with E-state index in [9.17, 15) is 13.2 Å². The summed E-state index contributed by atoms with van der Waals surface area (Å²) in [6, 6.07) is 15.4. The van der Waals surface area contributed by atoms with Gasteiger partial charge in [-0.3, -0.25) is 4.79 Å². The van der Waals surface area contributed by atoms with E-state index < -0.39 is 15.6 Å². The Morgan fingerprint density at radius 1 is 1.00 bits per heavy atom. The topological polar surface area (TPSA) is 144 Å². The molecule has 0 radical (unpaired) electrons. The molecule has 0 bridgehead atoms. The first-order valence-electron chi connectivity index (χ1n) is 11.9. The van der Waals surface area contributed by atoms with E-state index in [1.54, 1.807) is 69.4 Å². The summed E-state index contributed by atoms with van der Waals surface area (Å²) in [7, 11) is -1.90. The lowest BCUT2D eigenvalue weighted by atomic mass is 10.1. The number of carbonyl (C=O) groups is 1. The van der Waals surface area contributed by atoms with Crippen LogP contribution in [0.25, 0.3) is 11.5 Å². The number of carbonyl (C=O) groups excluding carboxylic acids is 1. The Morgan fingerprint density at radius 3 is 2.53 bits per heavy atom. The molecule has 0 saturated heterocycles. The minimum Gasteiger partial charge on any atom is -0.378 e. The number of hydrogen-bond acceptors (Lipinski definition) is 8. The van der Waals surface area contributed by atoms with Crippen LogP contribution in [0.15, 0.2) is 72.0 Å². The molecule has 0 aliphatic carbocycles. The van der Waals surface area contributed by atoms with E-state index in [-0.39, 0.29) is 17.3 Å². The van der Waals surface area contributed by atoms with Gasteiger partial charge in [0.1, 0.15) is 12.0 Å². The van der Waals surface area contributed by atoms with Gasteiger partial charge < -0.3 is 15.2 Å². The molecule has 198 valence electrons. The van der Waals surface area contributed by atoms with Gasteiger partial charge in [-0.05, 0) is 56.7 Å². The molecule has 11 nitrogen and oxygen atoms in total. The lowest BCUT2D eigenvalue weighted by Gasteiger charge is -2.21. The van der Waals surface area contributed by atoms with Crippen molar-refractivity contribution in [2.24, 2.45) is 7.05 Å². The van der Waals surface area contributed by atoms with Crippen molar-refractivity contribution in [3.63, 3.8) is 0 Å². The van der Waals surface area contributed by atoms with Gasteiger partial charge in [-0.15, -0.1) is 10.2 Å². The van der Waals surface area contributed by atoms with Gasteiger partial charge in [-0.25, -0.2) is 23.1 Å². The average molecular weight is 535 g/mol. The van der Waals surface area contributed by atoms with E-state index in [1.807, 2.05) is 17.7 Å². The molecular weight excluding hydrogens is 504 g/mol. The molecule has 3 N–H and O–H groups in total. The molecule has 0 fully saturated rings. The number of amides is 1. The van der Waals surface area contributed by atoms with Gasteiger partial charge >= 0.3 is 0 Å². The highest BCUT2D eigenvalue weighted by Crippen LogP contribution is 2.19. The van der Waals surface area contributed by atoms with Gasteiger partial charge in [0.05, 0.1) is 11.4 Å². The lowest BCUT2D eigenvalue weighted by molar-refractivity contribution is 0.0950. The van der Waals surface area contributed by atoms with E-state index in [0.717, 1.165) is 5.69 Å². The first-order chi connectivity index (χ1) is 18.0. The summed E-state index contributed by atoms with van der Waals surface area (Å²) >= 11 is 0. The molecule has 0 aliphatic rings. The number of sulfonamides is 1. The van der Waals surface area contributed by atoms with Crippen LogP contribution in [-0.4, -0.2) is 44.6 Å². The molecule has 2 aromatic heterocycles. The predicted molar refractivity (Wildman–Crippen MR) is 143 cm³/mol. The minimum atomic E-state index is -3.75. The molecule has 0 spiro atoms. The summed E-state index contributed by atoms with van der Waals surface area (Å²) < 4.78 is 30.2. The second kappa shape index (κ2) is 11.1. The number of nitrogens with zero attached hydrogens (tertiary/aromatic N) is 5. The van der Waals surface area contributed by atoms with Gasteiger partial charge in [-0.1, -0.05) is 24.3 Å². The maximum absolute atomic E-state index is 12.9. The van der Waals surface area contributed by atoms with Crippen molar-refractivity contribution in [1.82, 2.24) is 34.8 Å². The van der Waals surface area contributed by atoms with Crippen molar-refractivity contribution >= 4 is 21.6 Å². The van der Waals surface area contributed by atoms with Gasteiger partial charge in [0.25, 0.3) is 5.91 Å². The fourth-order valence-electron chi connectivity index (χ4n) is 3.76. The number of nitrogens with one attached hydrogen (secondary N) is 3. The molecule has 1 amide bonds. The first kappa shape index (κ1) is 26.9. The zero-order chi connectivity index (χ0) is 27.3. The fourth-order valence-corrected chi connectivity index (χ4v) is 5.42. The second-order valence-electron chi connectivity index (χ2n) is 9.67. The van der Waals surface area contributed by atoms with Crippen LogP contribution < -0.4 is 15.4 Å². The van der Waals surface area contributed by atoms with Crippen molar-refractivity contribution in [2.75, 3.05) is 5.32 Å². The molecule has 12 heteroatoms. The number of benzene rings is 2. The van der Waals surface area contributed by atoms with Crippen molar-refractivity contribution in [2.45, 2.75) is 44.3 Å². The summed E-state index contributed by atoms with van der Waals surface area (Å²) in [5, 5.41) is 14.5. The molecule has 0 saturated carbocycles. The minimum absolute atomic E-state index is 0.0580. The predicted octanol–water partition coefficient (Wildman–Crippen LogP) is 2.89. The van der Waals surface area contributed by atoms with E-state index in [1.165, 1.54) is 12.4 Å². The van der Waals surface area contributed by atoms with Gasteiger partial charge in [0.2, 0.25) is 10.0 Å². The van der Waals surface area contributed by atoms with Crippen LogP contribution in [0, 0.1) is 0 Å². The van der Waals surface area contributed by atoms with E-state index in [2.05, 4.69) is 35.5 Å². The largest absolute Gasteiger partial charge is 0.378 e. The Labute approximate surface area is 221 Å². The summed E-state index contributed by atoms with van der Waals surface area (Å²) in [6.45, 7) is 5.76. The van der Waals surface area contributed by atoms with Crippen molar-refractivity contribution in [3.8, 4) is 11.5 Å². The smallest absolute Gasteiger partial charge is 0.251 e. The van der Waals surface area contributed by atoms with Crippen molar-refractivity contribution in [3.05, 3.63) is 84.1 Å². The van der Waals surface area contributed by atoms with Crippen LogP contribution in [0.5, 0.6) is 0 Å². The summed E-state index contributed by atoms with van der Waals surface area (Å²) in [4.78, 5) is 21.2. The third-order valence-electron chi connectivity index (χ3n) is 5.49. The zero-order valence-electron chi connectivity index (χ0n) is 21.6. The monoisotopic (exact) mass is 534 g/mol. The quantitative estimate of drug-likeness (QED) is 0.297. The van der Waals surface area contributed by atoms with Crippen LogP contribution in [0.4, 0.5) is 5.69 Å². The highest BCUT2D eigenvalue weighted by molar-refractivity contribution is 7.89. The molecule has 0 atom stereocenters. The second-order valence-corrected chi connectivity index (χ2v) is 11.3. The highest BCUT2D eigenvalue weighted by Gasteiger charge is 2.24. The number of rotatable bonds is 9. The van der Waals surface area contributed by atoms with E-state index >= 15 is 0 Å². The average Bonchev–Trinajstić information content (AvgIpc) is 3.25. The van der Waals surface area contributed by atoms with E-state index in [4.69, 9.17) is 0 Å². The Kier molecular flexibility index (Phi) is 7.83. The van der Waals surface area contributed by atoms with Crippen LogP contribution in [0.3, 0.4) is 0 Å². The van der Waals surface area contributed by atoms with Crippen LogP contribution >= 0.6 is 0 Å². The Morgan fingerprint density at radius 2 is 1.79 bits per heavy atom. The van der Waals surface area contributed by atoms with Crippen molar-refractivity contribution < 1.29 is 13.2 Å². The lowest BCUT2D eigenvalue weighted by Crippen LogP contribution is -2.41. The molecule has 2 heterocycles. The normalized spacial score (nSPS) is 11.8. The highest BCUT2D eigenvalue weighted by atomic mass is 32.2. The molecule has 0 unspecified atom stereocenters. The Balaban J connectivity index is 1.41. The standard InChI is InChI=1S/C26H30N8O3S/c1-26(2,3)33-38(36,37)22-11-6-5-8-19(22)15-29-25(35)18-9-7-10-20(14-18)28-16-23-31-32-24(34(23)4)21-12-13-27-17-30-21/h5-14,17,28,33H,15-16H2,1-4H3,(H,29,35). The summed E-state index contributed by atoms with van der Waals surface area (Å²) in [5.74, 6) is 0.988. The van der Waals surface area contributed by atoms with Crippen molar-refractivity contribution in [1.29, 1.82) is 0 Å². The van der Waals surface area contributed by atoms with Crippen LogP contribution in [0.1, 0.15) is 42.5 Å². The zero-order valence-corrected chi connectivity index (χ0v) is 22.5. The van der Waals surface area contributed by atoms with Gasteiger partial charge in [-0.2, -0.15) is 0 Å². The van der Waals surface area contributed by atoms with E-state index in [0.29, 0.717) is 35.0 Å². The maximum Gasteiger partial charge on any atom is 0.251 e. The van der Waals surface area contributed by atoms with Crippen LogP contribution in [-0.2, 0) is 30.2 Å². The SMILES string of the molecule is Cn1c(CNc2cccc(C(=O)NCc3ccccc3S(=O)(=O)NC(C)(C)C)c2)nnc1-c1ccncn1. The summed E-state index contributed by atoms with van der Waals surface area (Å²) in [5.41, 5.74) is 1.69.